The summed E-state index contributed by atoms with van der Waals surface area (Å²) < 4.78 is 1.38. The number of hydrogen-bond donors (Lipinski definition) is 2. The maximum atomic E-state index is 12.0. The van der Waals surface area contributed by atoms with E-state index in [1.807, 2.05) is 26.8 Å². The van der Waals surface area contributed by atoms with Crippen LogP contribution in [0.4, 0.5) is 0 Å². The first kappa shape index (κ1) is 15.0. The van der Waals surface area contributed by atoms with Crippen LogP contribution in [-0.2, 0) is 19.0 Å². The van der Waals surface area contributed by atoms with Crippen molar-refractivity contribution in [1.82, 2.24) is 25.1 Å². The number of aromatic nitrogens is 4. The third-order valence-electron chi connectivity index (χ3n) is 3.15. The van der Waals surface area contributed by atoms with E-state index >= 15 is 0 Å². The average Bonchev–Trinajstić information content (AvgIpc) is 2.82. The number of hydrogen-bond acceptors (Lipinski definition) is 4. The maximum Gasteiger partial charge on any atom is 0.289 e. The predicted octanol–water partition coefficient (Wildman–Crippen LogP) is 0.731. The molecule has 2 heterocycles. The van der Waals surface area contributed by atoms with E-state index in [0.29, 0.717) is 5.56 Å². The number of pyridine rings is 1. The minimum Gasteiger partial charge on any atom is -0.345 e. The molecular weight excluding hydrogens is 270 g/mol. The molecule has 0 aliphatic rings. The minimum atomic E-state index is -0.366. The summed E-state index contributed by atoms with van der Waals surface area (Å²) >= 11 is 0. The van der Waals surface area contributed by atoms with Gasteiger partial charge in [-0.2, -0.15) is 5.10 Å². The predicted molar refractivity (Wildman–Crippen MR) is 77.9 cm³/mol. The first-order valence-corrected chi connectivity index (χ1v) is 6.64. The number of carbonyl (C=O) groups excluding carboxylic acids is 1. The Kier molecular flexibility index (Phi) is 3.93. The van der Waals surface area contributed by atoms with Crippen molar-refractivity contribution in [2.24, 2.45) is 7.05 Å². The highest BCUT2D eigenvalue weighted by Gasteiger charge is 2.16. The van der Waals surface area contributed by atoms with E-state index in [1.165, 1.54) is 11.0 Å². The Bertz CT molecular complexity index is 709. The van der Waals surface area contributed by atoms with E-state index in [0.717, 1.165) is 5.69 Å². The summed E-state index contributed by atoms with van der Waals surface area (Å²) in [5, 5.41) is 6.48. The summed E-state index contributed by atoms with van der Waals surface area (Å²) in [6, 6.07) is 3.60. The lowest BCUT2D eigenvalue weighted by Gasteiger charge is -2.18. The van der Waals surface area contributed by atoms with Crippen molar-refractivity contribution in [3.8, 4) is 0 Å². The van der Waals surface area contributed by atoms with Crippen molar-refractivity contribution in [3.63, 3.8) is 0 Å². The molecule has 0 radical (unpaired) electrons. The van der Waals surface area contributed by atoms with Crippen LogP contribution in [0.3, 0.4) is 0 Å². The molecule has 21 heavy (non-hydrogen) atoms. The van der Waals surface area contributed by atoms with Crippen molar-refractivity contribution < 1.29 is 4.79 Å². The molecule has 0 saturated carbocycles. The molecule has 7 heteroatoms. The SMILES string of the molecule is Cn1ncnc1C(=O)NCc1ccc(C(C)(C)C)[nH]c1=O. The monoisotopic (exact) mass is 289 g/mol. The molecule has 112 valence electrons. The number of aromatic amines is 1. The van der Waals surface area contributed by atoms with Crippen LogP contribution < -0.4 is 10.9 Å². The molecule has 2 aromatic rings. The lowest BCUT2D eigenvalue weighted by Crippen LogP contribution is -2.30. The van der Waals surface area contributed by atoms with Gasteiger partial charge in [-0.05, 0) is 12.1 Å². The highest BCUT2D eigenvalue weighted by atomic mass is 16.2. The minimum absolute atomic E-state index is 0.125. The smallest absolute Gasteiger partial charge is 0.289 e. The van der Waals surface area contributed by atoms with Crippen LogP contribution in [0.5, 0.6) is 0 Å². The van der Waals surface area contributed by atoms with Gasteiger partial charge in [0.05, 0.1) is 0 Å². The van der Waals surface area contributed by atoms with Crippen LogP contribution in [-0.4, -0.2) is 25.7 Å². The van der Waals surface area contributed by atoms with E-state index in [-0.39, 0.29) is 29.3 Å². The Morgan fingerprint density at radius 2 is 2.10 bits per heavy atom. The standard InChI is InChI=1S/C14H19N5O2/c1-14(2,3)10-6-5-9(12(20)18-10)7-15-13(21)11-16-8-17-19(11)4/h5-6,8H,7H2,1-4H3,(H,15,21)(H,18,20). The summed E-state index contributed by atoms with van der Waals surface area (Å²) in [6.07, 6.45) is 1.31. The molecule has 2 N–H and O–H groups in total. The van der Waals surface area contributed by atoms with Gasteiger partial charge in [-0.3, -0.25) is 9.59 Å². The van der Waals surface area contributed by atoms with Gasteiger partial charge >= 0.3 is 0 Å². The lowest BCUT2D eigenvalue weighted by atomic mass is 9.91. The molecule has 0 aliphatic carbocycles. The van der Waals surface area contributed by atoms with E-state index in [4.69, 9.17) is 0 Å². The number of amides is 1. The lowest BCUT2D eigenvalue weighted by molar-refractivity contribution is 0.0936. The Balaban J connectivity index is 2.09. The largest absolute Gasteiger partial charge is 0.345 e. The summed E-state index contributed by atoms with van der Waals surface area (Å²) in [6.45, 7) is 6.21. The quantitative estimate of drug-likeness (QED) is 0.871. The first-order valence-electron chi connectivity index (χ1n) is 6.64. The Labute approximate surface area is 122 Å². The zero-order valence-corrected chi connectivity index (χ0v) is 12.6. The third kappa shape index (κ3) is 3.36. The van der Waals surface area contributed by atoms with Crippen molar-refractivity contribution in [3.05, 3.63) is 45.9 Å². The fourth-order valence-corrected chi connectivity index (χ4v) is 1.84. The van der Waals surface area contributed by atoms with Gasteiger partial charge in [-0.15, -0.1) is 0 Å². The highest BCUT2D eigenvalue weighted by Crippen LogP contribution is 2.18. The molecule has 0 aliphatic heterocycles. The first-order chi connectivity index (χ1) is 9.79. The summed E-state index contributed by atoms with van der Waals surface area (Å²) in [4.78, 5) is 30.6. The second kappa shape index (κ2) is 5.51. The van der Waals surface area contributed by atoms with E-state index in [1.54, 1.807) is 13.1 Å². The number of rotatable bonds is 3. The fraction of sp³-hybridized carbons (Fsp3) is 0.429. The number of nitrogens with one attached hydrogen (secondary N) is 2. The van der Waals surface area contributed by atoms with Gasteiger partial charge in [-0.1, -0.05) is 20.8 Å². The van der Waals surface area contributed by atoms with Crippen LogP contribution in [0.2, 0.25) is 0 Å². The fourth-order valence-electron chi connectivity index (χ4n) is 1.84. The summed E-state index contributed by atoms with van der Waals surface area (Å²) in [5.74, 6) is -0.160. The average molecular weight is 289 g/mol. The normalized spacial score (nSPS) is 11.4. The molecule has 2 rings (SSSR count). The molecule has 0 atom stereocenters. The Morgan fingerprint density at radius 3 is 2.62 bits per heavy atom. The van der Waals surface area contributed by atoms with Crippen LogP contribution >= 0.6 is 0 Å². The zero-order chi connectivity index (χ0) is 15.6. The van der Waals surface area contributed by atoms with Crippen LogP contribution in [0.1, 0.15) is 42.6 Å². The molecule has 7 nitrogen and oxygen atoms in total. The van der Waals surface area contributed by atoms with Crippen molar-refractivity contribution in [1.29, 1.82) is 0 Å². The van der Waals surface area contributed by atoms with E-state index in [2.05, 4.69) is 20.4 Å². The second-order valence-electron chi connectivity index (χ2n) is 5.87. The number of H-pyrrole nitrogens is 1. The van der Waals surface area contributed by atoms with Gasteiger partial charge < -0.3 is 10.3 Å². The van der Waals surface area contributed by atoms with Crippen LogP contribution in [0, 0.1) is 0 Å². The van der Waals surface area contributed by atoms with Gasteiger partial charge in [0.25, 0.3) is 11.5 Å². The van der Waals surface area contributed by atoms with Gasteiger partial charge in [0.15, 0.2) is 0 Å². The van der Waals surface area contributed by atoms with Crippen LogP contribution in [0.25, 0.3) is 0 Å². The molecule has 0 aromatic carbocycles. The molecular formula is C14H19N5O2. The van der Waals surface area contributed by atoms with Crippen LogP contribution in [0.15, 0.2) is 23.3 Å². The third-order valence-corrected chi connectivity index (χ3v) is 3.15. The second-order valence-corrected chi connectivity index (χ2v) is 5.87. The highest BCUT2D eigenvalue weighted by molar-refractivity contribution is 5.90. The molecule has 0 unspecified atom stereocenters. The van der Waals surface area contributed by atoms with Crippen molar-refractivity contribution in [2.45, 2.75) is 32.7 Å². The van der Waals surface area contributed by atoms with E-state index < -0.39 is 0 Å². The number of aryl methyl sites for hydroxylation is 1. The van der Waals surface area contributed by atoms with E-state index in [9.17, 15) is 9.59 Å². The molecule has 0 bridgehead atoms. The molecule has 0 fully saturated rings. The Hall–Kier alpha value is -2.44. The van der Waals surface area contributed by atoms with Gasteiger partial charge in [0.2, 0.25) is 5.82 Å². The number of carbonyl (C=O) groups is 1. The Morgan fingerprint density at radius 1 is 1.38 bits per heavy atom. The maximum absolute atomic E-state index is 12.0. The summed E-state index contributed by atoms with van der Waals surface area (Å²) in [5.41, 5.74) is 1.04. The zero-order valence-electron chi connectivity index (χ0n) is 12.6. The summed E-state index contributed by atoms with van der Waals surface area (Å²) in [7, 11) is 1.63. The van der Waals surface area contributed by atoms with Crippen molar-refractivity contribution in [2.75, 3.05) is 0 Å². The van der Waals surface area contributed by atoms with Gasteiger partial charge in [-0.25, -0.2) is 9.67 Å². The molecule has 0 spiro atoms. The number of nitrogens with zero attached hydrogens (tertiary/aromatic N) is 3. The van der Waals surface area contributed by atoms with Crippen molar-refractivity contribution >= 4 is 5.91 Å². The molecule has 0 saturated heterocycles. The molecule has 1 amide bonds. The topological polar surface area (TPSA) is 92.7 Å². The van der Waals surface area contributed by atoms with Gasteiger partial charge in [0.1, 0.15) is 6.33 Å². The molecule has 2 aromatic heterocycles. The van der Waals surface area contributed by atoms with Gasteiger partial charge in [0, 0.05) is 30.3 Å².